The molecule has 0 aromatic rings. The van der Waals surface area contributed by atoms with Gasteiger partial charge in [0.2, 0.25) is 0 Å². The van der Waals surface area contributed by atoms with Crippen molar-refractivity contribution in [2.75, 3.05) is 0 Å². The normalized spacial score (nSPS) is 9.62. The molecule has 6 heteroatoms. The Morgan fingerprint density at radius 2 is 1.75 bits per heavy atom. The van der Waals surface area contributed by atoms with Gasteiger partial charge in [-0.05, 0) is 0 Å². The topological polar surface area (TPSA) is 77.4 Å². The zero-order valence-electron chi connectivity index (χ0n) is 4.29. The van der Waals surface area contributed by atoms with Gasteiger partial charge in [0, 0.05) is 5.09 Å². The molecule has 42 valence electrons. The van der Waals surface area contributed by atoms with E-state index in [1.807, 2.05) is 0 Å². The Labute approximate surface area is 69.3 Å². The second-order valence-electron chi connectivity index (χ2n) is 0.847. The van der Waals surface area contributed by atoms with Gasteiger partial charge < -0.3 is 5.11 Å². The van der Waals surface area contributed by atoms with Gasteiger partial charge in [-0.15, -0.1) is 0 Å². The average molecular weight is 146 g/mol. The number of hydrogen-bond donors (Lipinski definition) is 1. The summed E-state index contributed by atoms with van der Waals surface area (Å²) in [6, 6.07) is 0. The zero-order chi connectivity index (χ0) is 6.08. The van der Waals surface area contributed by atoms with E-state index in [-0.39, 0.29) is 29.6 Å². The van der Waals surface area contributed by atoms with E-state index >= 15 is 0 Å². The third-order valence-electron chi connectivity index (χ3n) is 0.288. The maximum Gasteiger partial charge on any atom is 1.00 e. The predicted octanol–water partition coefficient (Wildman–Crippen LogP) is -4.29. The Morgan fingerprint density at radius 1 is 1.62 bits per heavy atom. The Kier molecular flexibility index (Phi) is 4.89. The minimum absolute atomic E-state index is 0. The minimum Gasteiger partial charge on any atom is -0.863 e. The fourth-order valence-corrected chi connectivity index (χ4v) is 0. The molecule has 0 aliphatic carbocycles. The molecule has 0 aromatic heterocycles. The molecule has 0 amide bonds. The van der Waals surface area contributed by atoms with Crippen LogP contribution in [0, 0.1) is 0 Å². The third kappa shape index (κ3) is 4.61. The van der Waals surface area contributed by atoms with Crippen molar-refractivity contribution in [2.24, 2.45) is 0 Å². The van der Waals surface area contributed by atoms with Gasteiger partial charge in [-0.2, -0.15) is 8.42 Å². The summed E-state index contributed by atoms with van der Waals surface area (Å²) in [5.41, 5.74) is 0. The van der Waals surface area contributed by atoms with Gasteiger partial charge in [0.1, 0.15) is 0 Å². The molecule has 0 aromatic carbocycles. The summed E-state index contributed by atoms with van der Waals surface area (Å²) in [4.78, 5) is 0. The van der Waals surface area contributed by atoms with Crippen LogP contribution in [0.2, 0.25) is 0 Å². The van der Waals surface area contributed by atoms with Crippen molar-refractivity contribution in [3.05, 3.63) is 11.7 Å². The second kappa shape index (κ2) is 3.47. The van der Waals surface area contributed by atoms with Crippen LogP contribution >= 0.6 is 0 Å². The van der Waals surface area contributed by atoms with E-state index in [9.17, 15) is 13.5 Å². The van der Waals surface area contributed by atoms with Crippen LogP contribution in [0.4, 0.5) is 0 Å². The van der Waals surface area contributed by atoms with Gasteiger partial charge in [-0.25, -0.2) is 0 Å². The van der Waals surface area contributed by atoms with Crippen molar-refractivity contribution >= 4 is 10.1 Å². The Morgan fingerprint density at radius 3 is 1.75 bits per heavy atom. The summed E-state index contributed by atoms with van der Waals surface area (Å²) in [6.45, 7) is 2.43. The standard InChI is InChI=1S/C2H4O4S.Na/c1-2(3)7(4,5)6;/h3H,1H2,(H,4,5,6);/q;+1/p-1. The van der Waals surface area contributed by atoms with E-state index in [2.05, 4.69) is 6.58 Å². The molecule has 0 fully saturated rings. The van der Waals surface area contributed by atoms with Crippen LogP contribution in [0.5, 0.6) is 0 Å². The Hall–Kier alpha value is 0.450. The molecule has 4 nitrogen and oxygen atoms in total. The van der Waals surface area contributed by atoms with Crippen molar-refractivity contribution in [3.63, 3.8) is 0 Å². The molecule has 0 saturated carbocycles. The summed E-state index contributed by atoms with van der Waals surface area (Å²) in [6.07, 6.45) is 0. The smallest absolute Gasteiger partial charge is 0.863 e. The SMILES string of the molecule is C=C([O-])S(=O)(=O)O.[Na+]. The molecule has 0 heterocycles. The third-order valence-corrected chi connectivity index (χ3v) is 0.863. The van der Waals surface area contributed by atoms with E-state index < -0.39 is 15.2 Å². The Balaban J connectivity index is 0. The van der Waals surface area contributed by atoms with Gasteiger partial charge in [0.25, 0.3) is 10.1 Å². The van der Waals surface area contributed by atoms with Crippen LogP contribution in [0.1, 0.15) is 0 Å². The molecule has 0 unspecified atom stereocenters. The largest absolute Gasteiger partial charge is 1.00 e. The van der Waals surface area contributed by atoms with E-state index in [0.717, 1.165) is 0 Å². The van der Waals surface area contributed by atoms with Crippen LogP contribution in [0.25, 0.3) is 0 Å². The van der Waals surface area contributed by atoms with Crippen molar-refractivity contribution in [1.82, 2.24) is 0 Å². The second-order valence-corrected chi connectivity index (χ2v) is 2.25. The van der Waals surface area contributed by atoms with Crippen LogP contribution in [0.3, 0.4) is 0 Å². The molecule has 0 radical (unpaired) electrons. The number of hydrogen-bond acceptors (Lipinski definition) is 3. The number of rotatable bonds is 1. The molecule has 0 saturated heterocycles. The van der Waals surface area contributed by atoms with E-state index in [1.165, 1.54) is 0 Å². The first kappa shape index (κ1) is 11.3. The average Bonchev–Trinajstić information content (AvgIpc) is 1.31. The van der Waals surface area contributed by atoms with Crippen LogP contribution in [-0.4, -0.2) is 13.0 Å². The van der Waals surface area contributed by atoms with Crippen molar-refractivity contribution in [1.29, 1.82) is 0 Å². The molecular formula is C2H3NaO4S. The maximum atomic E-state index is 9.52. The van der Waals surface area contributed by atoms with Crippen LogP contribution < -0.4 is 34.7 Å². The molecule has 0 atom stereocenters. The molecule has 1 N–H and O–H groups in total. The fraction of sp³-hybridized carbons (Fsp3) is 0. The van der Waals surface area contributed by atoms with Crippen molar-refractivity contribution in [2.45, 2.75) is 0 Å². The molecule has 0 bridgehead atoms. The summed E-state index contributed by atoms with van der Waals surface area (Å²) in [5.74, 6) is 0. The first-order chi connectivity index (χ1) is 2.94. The fourth-order valence-electron chi connectivity index (χ4n) is 0. The van der Waals surface area contributed by atoms with Crippen LogP contribution in [0.15, 0.2) is 11.7 Å². The van der Waals surface area contributed by atoms with E-state index in [4.69, 9.17) is 4.55 Å². The summed E-state index contributed by atoms with van der Waals surface area (Å²) in [7, 11) is -4.49. The first-order valence-corrected chi connectivity index (χ1v) is 2.72. The maximum absolute atomic E-state index is 9.52. The zero-order valence-corrected chi connectivity index (χ0v) is 7.10. The minimum atomic E-state index is -4.49. The Bertz CT molecular complexity index is 168. The van der Waals surface area contributed by atoms with Gasteiger partial charge in [-0.1, -0.05) is 6.58 Å². The van der Waals surface area contributed by atoms with Crippen molar-refractivity contribution in [3.8, 4) is 0 Å². The van der Waals surface area contributed by atoms with Gasteiger partial charge in [0.15, 0.2) is 0 Å². The molecule has 0 spiro atoms. The summed E-state index contributed by atoms with van der Waals surface area (Å²) < 4.78 is 26.6. The molecule has 8 heavy (non-hydrogen) atoms. The molecule has 0 aliphatic heterocycles. The van der Waals surface area contributed by atoms with E-state index in [0.29, 0.717) is 0 Å². The van der Waals surface area contributed by atoms with Gasteiger partial charge >= 0.3 is 29.6 Å². The van der Waals surface area contributed by atoms with Gasteiger partial charge in [0.05, 0.1) is 0 Å². The summed E-state index contributed by atoms with van der Waals surface area (Å²) >= 11 is 0. The monoisotopic (exact) mass is 146 g/mol. The first-order valence-electron chi connectivity index (χ1n) is 1.28. The van der Waals surface area contributed by atoms with Gasteiger partial charge in [-0.3, -0.25) is 4.55 Å². The van der Waals surface area contributed by atoms with Crippen LogP contribution in [-0.2, 0) is 10.1 Å². The molecule has 0 aliphatic rings. The predicted molar refractivity (Wildman–Crippen MR) is 20.7 cm³/mol. The molecular weight excluding hydrogens is 143 g/mol. The van der Waals surface area contributed by atoms with E-state index in [1.54, 1.807) is 0 Å². The summed E-state index contributed by atoms with van der Waals surface area (Å²) in [5, 5.41) is 8.04. The van der Waals surface area contributed by atoms with Crippen molar-refractivity contribution < 1.29 is 47.6 Å². The quantitative estimate of drug-likeness (QED) is 0.231. The molecule has 0 rings (SSSR count).